The minimum absolute atomic E-state index is 0.00694. The van der Waals surface area contributed by atoms with Crippen LogP contribution in [0.3, 0.4) is 0 Å². The fraction of sp³-hybridized carbons (Fsp3) is 1.00. The molecule has 0 radical (unpaired) electrons. The maximum absolute atomic E-state index is 11.5. The molecule has 10 heavy (non-hydrogen) atoms. The van der Waals surface area contributed by atoms with Crippen molar-refractivity contribution in [1.82, 2.24) is 0 Å². The number of halogens is 2. The van der Waals surface area contributed by atoms with Gasteiger partial charge in [-0.15, -0.1) is 0 Å². The van der Waals surface area contributed by atoms with E-state index in [0.29, 0.717) is 0 Å². The zero-order valence-corrected chi connectivity index (χ0v) is 4.92. The normalized spacial score (nSPS) is 19.8. The highest BCUT2D eigenvalue weighted by Crippen LogP contribution is 2.10. The predicted molar refractivity (Wildman–Crippen MR) is 27.0 cm³/mol. The van der Waals surface area contributed by atoms with Gasteiger partial charge >= 0.3 is 5.92 Å². The Kier molecular flexibility index (Phi) is 2.94. The number of nitrogens with zero attached hydrogens (tertiary/aromatic N) is 1. The van der Waals surface area contributed by atoms with Crippen molar-refractivity contribution in [2.45, 2.75) is 5.92 Å². The third-order valence-electron chi connectivity index (χ3n) is 0.886. The van der Waals surface area contributed by atoms with Gasteiger partial charge in [0.2, 0.25) is 0 Å². The predicted octanol–water partition coefficient (Wildman–Crippen LogP) is -1.04. The van der Waals surface area contributed by atoms with Gasteiger partial charge in [0.1, 0.15) is 13.1 Å². The summed E-state index contributed by atoms with van der Waals surface area (Å²) in [5.74, 6) is -2.33. The summed E-state index contributed by atoms with van der Waals surface area (Å²) in [6.07, 6.45) is 0. The molecule has 5 nitrogen and oxygen atoms in total. The van der Waals surface area contributed by atoms with Crippen LogP contribution < -0.4 is 5.32 Å². The van der Waals surface area contributed by atoms with Crippen molar-refractivity contribution in [2.75, 3.05) is 13.1 Å². The van der Waals surface area contributed by atoms with E-state index in [9.17, 15) is 8.78 Å². The number of nitrogens with two attached hydrogens (primary N) is 1. The molecule has 0 aromatic heterocycles. The van der Waals surface area contributed by atoms with Crippen LogP contribution in [0.1, 0.15) is 0 Å². The lowest BCUT2D eigenvalue weighted by molar-refractivity contribution is -0.749. The van der Waals surface area contributed by atoms with E-state index < -0.39 is 11.0 Å². The topological polar surface area (TPSA) is 82.8 Å². The third kappa shape index (κ3) is 5.16. The van der Waals surface area contributed by atoms with E-state index in [4.69, 9.17) is 15.3 Å². The summed E-state index contributed by atoms with van der Waals surface area (Å²) >= 11 is 0. The molecule has 1 fully saturated rings. The van der Waals surface area contributed by atoms with Crippen LogP contribution in [0.15, 0.2) is 0 Å². The van der Waals surface area contributed by atoms with Crippen LogP contribution in [0.5, 0.6) is 0 Å². The van der Waals surface area contributed by atoms with E-state index in [-0.39, 0.29) is 13.1 Å². The van der Waals surface area contributed by atoms with E-state index in [1.54, 1.807) is 5.32 Å². The zero-order valence-electron chi connectivity index (χ0n) is 4.92. The van der Waals surface area contributed by atoms with Gasteiger partial charge in [0.05, 0.1) is 5.09 Å². The average molecular weight is 156 g/mol. The molecular formula is C3H6F2N2O3. The highest BCUT2D eigenvalue weighted by molar-refractivity contribution is 4.66. The second-order valence-corrected chi connectivity index (χ2v) is 1.78. The summed E-state index contributed by atoms with van der Waals surface area (Å²) < 4.78 is 23.0. The number of quaternary nitrogens is 1. The lowest BCUT2D eigenvalue weighted by Crippen LogP contribution is -3.00. The van der Waals surface area contributed by atoms with Crippen molar-refractivity contribution in [2.24, 2.45) is 0 Å². The molecule has 0 amide bonds. The minimum atomic E-state index is -2.33. The Morgan fingerprint density at radius 2 is 1.60 bits per heavy atom. The van der Waals surface area contributed by atoms with Gasteiger partial charge in [-0.25, -0.2) is 0 Å². The lowest BCUT2D eigenvalue weighted by Gasteiger charge is -2.21. The maximum atomic E-state index is 11.5. The number of rotatable bonds is 0. The Balaban J connectivity index is 0.000000180. The van der Waals surface area contributed by atoms with Gasteiger partial charge in [-0.1, -0.05) is 0 Å². The van der Waals surface area contributed by atoms with Gasteiger partial charge in [0.15, 0.2) is 0 Å². The van der Waals surface area contributed by atoms with Crippen LogP contribution in [0, 0.1) is 15.3 Å². The quantitative estimate of drug-likeness (QED) is 0.359. The molecule has 0 aliphatic carbocycles. The van der Waals surface area contributed by atoms with E-state index in [1.165, 1.54) is 0 Å². The molecule has 1 aliphatic rings. The molecule has 2 N–H and O–H groups in total. The zero-order chi connectivity index (χ0) is 8.20. The first-order valence-electron chi connectivity index (χ1n) is 2.45. The first-order valence-corrected chi connectivity index (χ1v) is 2.45. The molecule has 0 bridgehead atoms. The van der Waals surface area contributed by atoms with E-state index in [0.717, 1.165) is 0 Å². The fourth-order valence-electron chi connectivity index (χ4n) is 0.363. The van der Waals surface area contributed by atoms with Crippen molar-refractivity contribution in [3.63, 3.8) is 0 Å². The molecule has 1 aliphatic heterocycles. The highest BCUT2D eigenvalue weighted by atomic mass is 19.3. The average Bonchev–Trinajstić information content (AvgIpc) is 1.60. The summed E-state index contributed by atoms with van der Waals surface area (Å²) in [7, 11) is 0. The SMILES string of the molecule is FC1(F)C[NH2+]C1.O=[N+]([O-])[O-]. The van der Waals surface area contributed by atoms with Gasteiger partial charge in [0, 0.05) is 0 Å². The Labute approximate surface area is 54.8 Å². The molecule has 0 atom stereocenters. The van der Waals surface area contributed by atoms with Gasteiger partial charge in [0.25, 0.3) is 0 Å². The van der Waals surface area contributed by atoms with Crippen LogP contribution in [0.4, 0.5) is 8.78 Å². The van der Waals surface area contributed by atoms with Crippen molar-refractivity contribution >= 4 is 0 Å². The van der Waals surface area contributed by atoms with Crippen molar-refractivity contribution < 1.29 is 19.2 Å². The minimum Gasteiger partial charge on any atom is -0.356 e. The first-order chi connectivity index (χ1) is 4.44. The number of hydrogen-bond donors (Lipinski definition) is 1. The lowest BCUT2D eigenvalue weighted by atomic mass is 10.2. The van der Waals surface area contributed by atoms with Crippen LogP contribution in [0.2, 0.25) is 0 Å². The van der Waals surface area contributed by atoms with Crippen LogP contribution in [-0.2, 0) is 0 Å². The summed E-state index contributed by atoms with van der Waals surface area (Å²) in [5, 5.41) is 16.3. The summed E-state index contributed by atoms with van der Waals surface area (Å²) in [6, 6.07) is 0. The Hall–Kier alpha value is -0.980. The molecule has 60 valence electrons. The molecule has 0 saturated carbocycles. The van der Waals surface area contributed by atoms with E-state index >= 15 is 0 Å². The Morgan fingerprint density at radius 3 is 1.60 bits per heavy atom. The fourth-order valence-corrected chi connectivity index (χ4v) is 0.363. The molecule has 1 rings (SSSR count). The van der Waals surface area contributed by atoms with E-state index in [2.05, 4.69) is 0 Å². The van der Waals surface area contributed by atoms with Gasteiger partial charge in [-0.3, -0.25) is 0 Å². The maximum Gasteiger partial charge on any atom is 0.342 e. The smallest absolute Gasteiger partial charge is 0.342 e. The van der Waals surface area contributed by atoms with Crippen molar-refractivity contribution in [1.29, 1.82) is 0 Å². The van der Waals surface area contributed by atoms with Crippen LogP contribution in [-0.4, -0.2) is 24.1 Å². The molecule has 1 heterocycles. The molecule has 0 unspecified atom stereocenters. The first kappa shape index (κ1) is 9.02. The molecule has 0 aromatic rings. The monoisotopic (exact) mass is 156 g/mol. The Bertz CT molecular complexity index is 119. The van der Waals surface area contributed by atoms with Crippen LogP contribution in [0.25, 0.3) is 0 Å². The molecular weight excluding hydrogens is 150 g/mol. The molecule has 0 spiro atoms. The highest BCUT2D eigenvalue weighted by Gasteiger charge is 2.41. The summed E-state index contributed by atoms with van der Waals surface area (Å²) in [6.45, 7) is -0.0139. The van der Waals surface area contributed by atoms with Gasteiger partial charge in [-0.2, -0.15) is 8.78 Å². The molecule has 0 aromatic carbocycles. The van der Waals surface area contributed by atoms with Crippen LogP contribution >= 0.6 is 0 Å². The number of alkyl halides is 2. The van der Waals surface area contributed by atoms with Gasteiger partial charge < -0.3 is 20.6 Å². The standard InChI is InChI=1S/C3H5F2N.NO3/c4-3(5)1-6-2-3;2-1(3)4/h6H,1-2H2;/q;-1/p+1. The summed E-state index contributed by atoms with van der Waals surface area (Å²) in [5.41, 5.74) is 0. The van der Waals surface area contributed by atoms with Crippen molar-refractivity contribution in [3.8, 4) is 0 Å². The van der Waals surface area contributed by atoms with E-state index in [1.807, 2.05) is 0 Å². The Morgan fingerprint density at radius 1 is 1.40 bits per heavy atom. The summed E-state index contributed by atoms with van der Waals surface area (Å²) in [4.78, 5) is 8.25. The van der Waals surface area contributed by atoms with Gasteiger partial charge in [-0.05, 0) is 0 Å². The number of hydrogen-bond acceptors (Lipinski definition) is 3. The largest absolute Gasteiger partial charge is 0.356 e. The third-order valence-corrected chi connectivity index (χ3v) is 0.886. The second-order valence-electron chi connectivity index (χ2n) is 1.78. The molecule has 1 saturated heterocycles. The molecule has 7 heteroatoms. The second kappa shape index (κ2) is 3.25. The van der Waals surface area contributed by atoms with Crippen molar-refractivity contribution in [3.05, 3.63) is 15.3 Å².